The summed E-state index contributed by atoms with van der Waals surface area (Å²) in [6.07, 6.45) is 2.42. The predicted octanol–water partition coefficient (Wildman–Crippen LogP) is 6.37. The second-order valence-corrected chi connectivity index (χ2v) is 9.44. The smallest absolute Gasteiger partial charge is 0.176 e. The van der Waals surface area contributed by atoms with E-state index >= 15 is 0 Å². The highest BCUT2D eigenvalue weighted by Crippen LogP contribution is 2.37. The lowest BCUT2D eigenvalue weighted by Crippen LogP contribution is -2.03. The zero-order valence-corrected chi connectivity index (χ0v) is 20.8. The second-order valence-electron chi connectivity index (χ2n) is 8.14. The van der Waals surface area contributed by atoms with E-state index in [2.05, 4.69) is 68.0 Å². The minimum Gasteiger partial charge on any atom is -0.489 e. The molecule has 0 saturated carbocycles. The fourth-order valence-electron chi connectivity index (χ4n) is 4.00. The largest absolute Gasteiger partial charge is 0.489 e. The molecule has 5 aromatic rings. The van der Waals surface area contributed by atoms with Gasteiger partial charge in [0.1, 0.15) is 17.5 Å². The van der Waals surface area contributed by atoms with E-state index in [0.29, 0.717) is 24.0 Å². The van der Waals surface area contributed by atoms with Crippen LogP contribution in [-0.4, -0.2) is 25.6 Å². The molecule has 6 nitrogen and oxygen atoms in total. The topological polar surface area (TPSA) is 76.6 Å². The first kappa shape index (κ1) is 23.0. The number of hydrogen-bond acceptors (Lipinski definition) is 6. The predicted molar refractivity (Wildman–Crippen MR) is 140 cm³/mol. The number of halogens is 1. The average molecular weight is 500 g/mol. The monoisotopic (exact) mass is 499 g/mol. The minimum absolute atomic E-state index is 0.00350. The molecule has 0 bridgehead atoms. The van der Waals surface area contributed by atoms with E-state index in [1.54, 1.807) is 11.3 Å². The molecular weight excluding hydrogens is 478 g/mol. The van der Waals surface area contributed by atoms with Crippen LogP contribution in [0.1, 0.15) is 35.4 Å². The number of rotatable bonds is 7. The van der Waals surface area contributed by atoms with Crippen molar-refractivity contribution in [1.82, 2.24) is 25.6 Å². The van der Waals surface area contributed by atoms with Gasteiger partial charge in [-0.15, -0.1) is 27.5 Å². The summed E-state index contributed by atoms with van der Waals surface area (Å²) in [4.78, 5) is 4.19. The summed E-state index contributed by atoms with van der Waals surface area (Å²) in [6, 6.07) is 16.4. The van der Waals surface area contributed by atoms with E-state index in [9.17, 15) is 0 Å². The van der Waals surface area contributed by atoms with Crippen LogP contribution < -0.4 is 4.74 Å². The molecule has 8 heteroatoms. The Hall–Kier alpha value is -3.73. The van der Waals surface area contributed by atoms with Crippen LogP contribution in [0.15, 0.2) is 60.1 Å². The number of aromatic nitrogens is 5. The van der Waals surface area contributed by atoms with E-state index in [1.807, 2.05) is 43.5 Å². The van der Waals surface area contributed by atoms with Gasteiger partial charge in [-0.25, -0.2) is 4.98 Å². The third kappa shape index (κ3) is 5.19. The molecular formula is C27H22ClN5OS. The highest BCUT2D eigenvalue weighted by molar-refractivity contribution is 7.17. The zero-order valence-electron chi connectivity index (χ0n) is 19.2. The number of pyridine rings is 1. The maximum absolute atomic E-state index is 6.17. The molecule has 174 valence electrons. The van der Waals surface area contributed by atoms with Crippen LogP contribution in [0.5, 0.6) is 5.75 Å². The van der Waals surface area contributed by atoms with E-state index in [0.717, 1.165) is 28.0 Å². The number of nitrogens with zero attached hydrogens (tertiary/aromatic N) is 4. The van der Waals surface area contributed by atoms with Crippen molar-refractivity contribution in [2.24, 2.45) is 0 Å². The lowest BCUT2D eigenvalue weighted by Gasteiger charge is -2.11. The second kappa shape index (κ2) is 10.3. The molecule has 1 unspecified atom stereocenters. The summed E-state index contributed by atoms with van der Waals surface area (Å²) in [7, 11) is 0. The first-order valence-corrected chi connectivity index (χ1v) is 12.4. The van der Waals surface area contributed by atoms with Crippen molar-refractivity contribution in [3.05, 3.63) is 87.8 Å². The lowest BCUT2D eigenvalue weighted by atomic mass is 9.96. The molecule has 1 N–H and O–H groups in total. The Kier molecular flexibility index (Phi) is 6.75. The summed E-state index contributed by atoms with van der Waals surface area (Å²) in [5, 5.41) is 18.1. The normalized spacial score (nSPS) is 11.7. The number of hydrogen-bond donors (Lipinski definition) is 1. The van der Waals surface area contributed by atoms with Gasteiger partial charge in [0.2, 0.25) is 0 Å². The van der Waals surface area contributed by atoms with Crippen molar-refractivity contribution in [3.63, 3.8) is 0 Å². The van der Waals surface area contributed by atoms with Gasteiger partial charge in [0.15, 0.2) is 5.82 Å². The number of aromatic amines is 1. The first-order valence-electron chi connectivity index (χ1n) is 11.1. The quantitative estimate of drug-likeness (QED) is 0.208. The average Bonchev–Trinajstić information content (AvgIpc) is 3.54. The van der Waals surface area contributed by atoms with Crippen molar-refractivity contribution in [1.29, 1.82) is 0 Å². The summed E-state index contributed by atoms with van der Waals surface area (Å²) in [5.41, 5.74) is 5.57. The van der Waals surface area contributed by atoms with Crippen LogP contribution in [0.4, 0.5) is 0 Å². The van der Waals surface area contributed by atoms with Crippen molar-refractivity contribution >= 4 is 33.0 Å². The minimum atomic E-state index is -0.00350. The maximum Gasteiger partial charge on any atom is 0.176 e. The van der Waals surface area contributed by atoms with Crippen molar-refractivity contribution in [3.8, 4) is 28.7 Å². The molecule has 0 spiro atoms. The van der Waals surface area contributed by atoms with Crippen molar-refractivity contribution in [2.45, 2.75) is 32.8 Å². The molecule has 0 fully saturated rings. The van der Waals surface area contributed by atoms with Crippen LogP contribution in [0.3, 0.4) is 0 Å². The lowest BCUT2D eigenvalue weighted by molar-refractivity contribution is 0.306. The van der Waals surface area contributed by atoms with Crippen LogP contribution >= 0.6 is 22.9 Å². The Morgan fingerprint density at radius 2 is 1.97 bits per heavy atom. The number of H-pyrrole nitrogens is 1. The third-order valence-corrected chi connectivity index (χ3v) is 6.95. The molecule has 1 atom stereocenters. The van der Waals surface area contributed by atoms with Gasteiger partial charge < -0.3 is 4.74 Å². The van der Waals surface area contributed by atoms with Gasteiger partial charge in [0.25, 0.3) is 0 Å². The molecule has 3 heterocycles. The molecule has 2 aromatic carbocycles. The van der Waals surface area contributed by atoms with Gasteiger partial charge in [-0.3, -0.25) is 0 Å². The third-order valence-electron chi connectivity index (χ3n) is 5.78. The molecule has 0 amide bonds. The fraction of sp³-hybridized carbons (Fsp3) is 0.185. The fourth-order valence-corrected chi connectivity index (χ4v) is 5.10. The summed E-state index contributed by atoms with van der Waals surface area (Å²) in [6.45, 7) is 4.36. The number of ether oxygens (including phenoxy) is 1. The Morgan fingerprint density at radius 3 is 2.74 bits per heavy atom. The molecule has 3 aromatic heterocycles. The summed E-state index contributed by atoms with van der Waals surface area (Å²) < 4.78 is 7.33. The van der Waals surface area contributed by atoms with E-state index in [1.165, 1.54) is 15.6 Å². The maximum atomic E-state index is 6.17. The van der Waals surface area contributed by atoms with Crippen molar-refractivity contribution < 1.29 is 4.74 Å². The van der Waals surface area contributed by atoms with E-state index in [-0.39, 0.29) is 5.92 Å². The van der Waals surface area contributed by atoms with Crippen LogP contribution in [0.25, 0.3) is 21.2 Å². The Balaban J connectivity index is 1.32. The zero-order chi connectivity index (χ0) is 24.2. The number of benzene rings is 2. The van der Waals surface area contributed by atoms with E-state index in [4.69, 9.17) is 16.3 Å². The number of nitrogens with one attached hydrogen (secondary N) is 1. The Bertz CT molecular complexity index is 1520. The summed E-state index contributed by atoms with van der Waals surface area (Å²) >= 11 is 7.90. The van der Waals surface area contributed by atoms with E-state index < -0.39 is 0 Å². The highest BCUT2D eigenvalue weighted by Gasteiger charge is 2.14. The Morgan fingerprint density at radius 1 is 1.11 bits per heavy atom. The van der Waals surface area contributed by atoms with Crippen molar-refractivity contribution in [2.75, 3.05) is 0 Å². The molecule has 0 aliphatic carbocycles. The number of fused-ring (bicyclic) bond motifs is 1. The van der Waals surface area contributed by atoms with Gasteiger partial charge >= 0.3 is 0 Å². The van der Waals surface area contributed by atoms with Gasteiger partial charge in [-0.05, 0) is 71.8 Å². The summed E-state index contributed by atoms with van der Waals surface area (Å²) in [5.74, 6) is 7.67. The molecule has 0 saturated heterocycles. The molecule has 35 heavy (non-hydrogen) atoms. The standard InChI is InChI=1S/C27H22ClN5OS/c1-3-4-20(12-27-30-32-33-31-27)19-6-8-21(9-7-19)34-15-18-5-10-25-23(11-18)24(16-35-25)22-13-26(28)29-14-17(22)2/h5-11,13-14,16,20H,12,15H2,1-2H3,(H,30,31,32,33). The number of tetrazole rings is 1. The number of aryl methyl sites for hydroxylation is 1. The number of thiophene rings is 1. The van der Waals surface area contributed by atoms with Crippen LogP contribution in [0.2, 0.25) is 5.15 Å². The highest BCUT2D eigenvalue weighted by atomic mass is 35.5. The van der Waals surface area contributed by atoms with Gasteiger partial charge in [-0.1, -0.05) is 40.9 Å². The van der Waals surface area contributed by atoms with Crippen LogP contribution in [-0.2, 0) is 13.0 Å². The Labute approximate surface area is 212 Å². The van der Waals surface area contributed by atoms with Gasteiger partial charge in [-0.2, -0.15) is 5.21 Å². The van der Waals surface area contributed by atoms with Gasteiger partial charge in [0.05, 0.1) is 5.92 Å². The first-order chi connectivity index (χ1) is 17.1. The van der Waals surface area contributed by atoms with Crippen LogP contribution in [0, 0.1) is 18.8 Å². The molecule has 0 aliphatic heterocycles. The molecule has 0 aliphatic rings. The van der Waals surface area contributed by atoms with Gasteiger partial charge in [0, 0.05) is 28.3 Å². The SMILES string of the molecule is CC#CC(Cc1nn[nH]n1)c1ccc(OCc2ccc3scc(-c4cc(Cl)ncc4C)c3c2)cc1. The molecule has 5 rings (SSSR count). The molecule has 0 radical (unpaired) electrons.